The fraction of sp³-hybridized carbons (Fsp3) is 1.00. The normalized spacial score (nSPS) is 36.6. The van der Waals surface area contributed by atoms with Gasteiger partial charge in [0.1, 0.15) is 5.28 Å². The highest BCUT2D eigenvalue weighted by Gasteiger charge is 2.37. The van der Waals surface area contributed by atoms with Gasteiger partial charge in [-0.2, -0.15) is 0 Å². The summed E-state index contributed by atoms with van der Waals surface area (Å²) in [6.45, 7) is 2.13. The number of nitrogens with zero attached hydrogens (tertiary/aromatic N) is 1. The molecule has 0 aromatic carbocycles. The number of rotatable bonds is 2. The van der Waals surface area contributed by atoms with Gasteiger partial charge in [0.05, 0.1) is 6.61 Å². The van der Waals surface area contributed by atoms with Gasteiger partial charge in [-0.25, -0.2) is 0 Å². The molecule has 0 aliphatic carbocycles. The molecule has 1 heterocycles. The smallest absolute Gasteiger partial charge is 0.154 e. The summed E-state index contributed by atoms with van der Waals surface area (Å²) in [7, 11) is 2.38. The van der Waals surface area contributed by atoms with Gasteiger partial charge in [0.25, 0.3) is 0 Å². The molecule has 0 radical (unpaired) electrons. The second-order valence-corrected chi connectivity index (χ2v) is 4.21. The monoisotopic (exact) mass is 177 g/mol. The molecule has 1 saturated heterocycles. The predicted octanol–water partition coefficient (Wildman–Crippen LogP) is 0.699. The maximum absolute atomic E-state index is 10.3. The van der Waals surface area contributed by atoms with Crippen LogP contribution in [0.25, 0.3) is 0 Å². The largest absolute Gasteiger partial charge is 0.368 e. The second kappa shape index (κ2) is 3.13. The Balaban J connectivity index is 2.55. The van der Waals surface area contributed by atoms with Crippen LogP contribution in [0.5, 0.6) is 0 Å². The van der Waals surface area contributed by atoms with Crippen LogP contribution < -0.4 is 0 Å². The molecule has 4 unspecified atom stereocenters. The first-order chi connectivity index (χ1) is 5.06. The molecular formula is C6H12NO3P. The summed E-state index contributed by atoms with van der Waals surface area (Å²) < 4.78 is 4.90. The van der Waals surface area contributed by atoms with E-state index in [4.69, 9.17) is 9.84 Å². The van der Waals surface area contributed by atoms with Gasteiger partial charge in [0, 0.05) is 12.3 Å². The van der Waals surface area contributed by atoms with Gasteiger partial charge in [-0.1, -0.05) is 5.18 Å². The number of ether oxygens (including phenoxy) is 1. The fourth-order valence-corrected chi connectivity index (χ4v) is 1.32. The standard InChI is InChI=1S/C6H12NO3P/c1-6(11,7-9)4-2-5(8)10-3-4/h4-5,8H,2-3,11H2,1H3. The third-order valence-electron chi connectivity index (χ3n) is 2.00. The number of nitroso groups, excluding NO2 is 1. The first-order valence-corrected chi connectivity index (χ1v) is 4.07. The molecule has 0 aromatic heterocycles. The van der Waals surface area contributed by atoms with E-state index in [0.717, 1.165) is 0 Å². The molecule has 0 spiro atoms. The molecule has 1 fully saturated rings. The third kappa shape index (κ3) is 1.95. The minimum absolute atomic E-state index is 0.0139. The van der Waals surface area contributed by atoms with Crippen molar-refractivity contribution in [1.29, 1.82) is 0 Å². The molecule has 0 aromatic rings. The van der Waals surface area contributed by atoms with Crippen LogP contribution in [0.4, 0.5) is 0 Å². The first-order valence-electron chi connectivity index (χ1n) is 3.49. The Hall–Kier alpha value is -0.0500. The van der Waals surface area contributed by atoms with E-state index in [0.29, 0.717) is 13.0 Å². The highest BCUT2D eigenvalue weighted by Crippen LogP contribution is 2.36. The average molecular weight is 177 g/mol. The van der Waals surface area contributed by atoms with Crippen molar-refractivity contribution in [2.24, 2.45) is 11.1 Å². The van der Waals surface area contributed by atoms with Crippen LogP contribution in [0.2, 0.25) is 0 Å². The van der Waals surface area contributed by atoms with Crippen molar-refractivity contribution in [3.05, 3.63) is 4.91 Å². The summed E-state index contributed by atoms with van der Waals surface area (Å²) in [6, 6.07) is 0. The Bertz CT molecular complexity index is 162. The van der Waals surface area contributed by atoms with Gasteiger partial charge in [-0.15, -0.1) is 14.1 Å². The van der Waals surface area contributed by atoms with Gasteiger partial charge in [-0.05, 0) is 6.92 Å². The molecule has 11 heavy (non-hydrogen) atoms. The lowest BCUT2D eigenvalue weighted by Crippen LogP contribution is -2.25. The molecular weight excluding hydrogens is 165 g/mol. The summed E-state index contributed by atoms with van der Waals surface area (Å²) in [5, 5.41) is 11.2. The van der Waals surface area contributed by atoms with E-state index >= 15 is 0 Å². The lowest BCUT2D eigenvalue weighted by Gasteiger charge is -2.20. The molecule has 5 heteroatoms. The van der Waals surface area contributed by atoms with Crippen LogP contribution in [-0.2, 0) is 4.74 Å². The van der Waals surface area contributed by atoms with Gasteiger partial charge in [0.15, 0.2) is 6.29 Å². The molecule has 64 valence electrons. The van der Waals surface area contributed by atoms with Crippen LogP contribution >= 0.6 is 9.24 Å². The fourth-order valence-electron chi connectivity index (χ4n) is 1.09. The van der Waals surface area contributed by atoms with Crippen molar-refractivity contribution in [3.63, 3.8) is 0 Å². The van der Waals surface area contributed by atoms with E-state index in [1.807, 2.05) is 0 Å². The quantitative estimate of drug-likeness (QED) is 0.499. The van der Waals surface area contributed by atoms with Crippen molar-refractivity contribution in [3.8, 4) is 0 Å². The molecule has 0 bridgehead atoms. The van der Waals surface area contributed by atoms with Crippen LogP contribution in [0.1, 0.15) is 13.3 Å². The summed E-state index contributed by atoms with van der Waals surface area (Å²) in [5.74, 6) is 0.0139. The van der Waals surface area contributed by atoms with E-state index in [2.05, 4.69) is 14.4 Å². The van der Waals surface area contributed by atoms with Gasteiger partial charge < -0.3 is 9.84 Å². The van der Waals surface area contributed by atoms with Crippen molar-refractivity contribution >= 4 is 9.24 Å². The SMILES string of the molecule is CC(P)(N=O)C1COC(O)C1. The summed E-state index contributed by atoms with van der Waals surface area (Å²) >= 11 is 0. The Kier molecular flexibility index (Phi) is 2.58. The summed E-state index contributed by atoms with van der Waals surface area (Å²) in [6.07, 6.45) is -0.229. The molecule has 1 N–H and O–H groups in total. The lowest BCUT2D eigenvalue weighted by atomic mass is 10.0. The van der Waals surface area contributed by atoms with Crippen LogP contribution in [0.15, 0.2) is 5.18 Å². The highest BCUT2D eigenvalue weighted by molar-refractivity contribution is 7.18. The van der Waals surface area contributed by atoms with Crippen molar-refractivity contribution in [2.45, 2.75) is 24.9 Å². The Morgan fingerprint density at radius 1 is 1.82 bits per heavy atom. The molecule has 0 saturated carbocycles. The number of hydrogen-bond donors (Lipinski definition) is 1. The van der Waals surface area contributed by atoms with Gasteiger partial charge >= 0.3 is 0 Å². The minimum atomic E-state index is -0.721. The molecule has 4 atom stereocenters. The third-order valence-corrected chi connectivity index (χ3v) is 2.58. The van der Waals surface area contributed by atoms with Crippen molar-refractivity contribution in [1.82, 2.24) is 0 Å². The van der Waals surface area contributed by atoms with Crippen molar-refractivity contribution in [2.75, 3.05) is 6.61 Å². The summed E-state index contributed by atoms with van der Waals surface area (Å²) in [4.78, 5) is 10.3. The molecule has 1 aliphatic rings. The zero-order valence-corrected chi connectivity index (χ0v) is 7.51. The van der Waals surface area contributed by atoms with E-state index < -0.39 is 11.6 Å². The highest BCUT2D eigenvalue weighted by atomic mass is 31.0. The van der Waals surface area contributed by atoms with Crippen LogP contribution in [-0.4, -0.2) is 23.3 Å². The van der Waals surface area contributed by atoms with E-state index in [-0.39, 0.29) is 5.92 Å². The minimum Gasteiger partial charge on any atom is -0.368 e. The molecule has 0 amide bonds. The maximum Gasteiger partial charge on any atom is 0.154 e. The van der Waals surface area contributed by atoms with Gasteiger partial charge in [0.2, 0.25) is 0 Å². The summed E-state index contributed by atoms with van der Waals surface area (Å²) in [5.41, 5.74) is 0. The Labute approximate surface area is 67.5 Å². The zero-order valence-electron chi connectivity index (χ0n) is 6.36. The second-order valence-electron chi connectivity index (χ2n) is 3.04. The molecule has 1 aliphatic heterocycles. The first kappa shape index (κ1) is 9.04. The lowest BCUT2D eigenvalue weighted by molar-refractivity contribution is -0.0592. The van der Waals surface area contributed by atoms with Gasteiger partial charge in [-0.3, -0.25) is 0 Å². The Morgan fingerprint density at radius 2 is 2.45 bits per heavy atom. The number of aliphatic hydroxyl groups is 1. The predicted molar refractivity (Wildman–Crippen MR) is 44.0 cm³/mol. The van der Waals surface area contributed by atoms with Crippen LogP contribution in [0.3, 0.4) is 0 Å². The molecule has 4 nitrogen and oxygen atoms in total. The van der Waals surface area contributed by atoms with Crippen molar-refractivity contribution < 1.29 is 9.84 Å². The Morgan fingerprint density at radius 3 is 2.82 bits per heavy atom. The maximum atomic E-state index is 10.3. The van der Waals surface area contributed by atoms with E-state index in [1.165, 1.54) is 0 Å². The molecule has 1 rings (SSSR count). The number of aliphatic hydroxyl groups excluding tert-OH is 1. The topological polar surface area (TPSA) is 58.9 Å². The van der Waals surface area contributed by atoms with E-state index in [1.54, 1.807) is 6.92 Å². The zero-order chi connectivity index (χ0) is 8.48. The average Bonchev–Trinajstić information content (AvgIpc) is 2.36. The number of hydrogen-bond acceptors (Lipinski definition) is 4. The van der Waals surface area contributed by atoms with E-state index in [9.17, 15) is 4.91 Å². The van der Waals surface area contributed by atoms with Crippen LogP contribution in [0, 0.1) is 10.8 Å².